The first-order chi connectivity index (χ1) is 17.4. The van der Waals surface area contributed by atoms with Gasteiger partial charge in [-0.15, -0.1) is 0 Å². The number of non-ortho nitro benzene ring substituents is 1. The van der Waals surface area contributed by atoms with E-state index < -0.39 is 44.9 Å². The van der Waals surface area contributed by atoms with E-state index in [1.807, 2.05) is 4.90 Å². The topological polar surface area (TPSA) is 79.6 Å². The summed E-state index contributed by atoms with van der Waals surface area (Å²) in [5, 5.41) is 11.3. The summed E-state index contributed by atoms with van der Waals surface area (Å²) < 4.78 is 66.6. The number of hydrogen-bond donors (Lipinski definition) is 0. The fourth-order valence-electron chi connectivity index (χ4n) is 5.28. The maximum atomic E-state index is 13.5. The third kappa shape index (κ3) is 5.14. The number of anilines is 1. The second kappa shape index (κ2) is 9.28. The molecule has 0 radical (unpaired) electrons. The van der Waals surface area contributed by atoms with Crippen LogP contribution < -0.4 is 10.5 Å². The molecule has 13 heteroatoms. The van der Waals surface area contributed by atoms with Gasteiger partial charge >= 0.3 is 6.18 Å². The molecule has 2 aliphatic rings. The largest absolute Gasteiger partial charge is 0.416 e. The molecular weight excluding hydrogens is 519 g/mol. The molecule has 0 bridgehead atoms. The predicted molar refractivity (Wildman–Crippen MR) is 128 cm³/mol. The maximum Gasteiger partial charge on any atom is 0.416 e. The van der Waals surface area contributed by atoms with Gasteiger partial charge in [0.1, 0.15) is 16.3 Å². The van der Waals surface area contributed by atoms with Gasteiger partial charge in [0.05, 0.1) is 15.9 Å². The van der Waals surface area contributed by atoms with Crippen LogP contribution in [0.4, 0.5) is 32.8 Å². The zero-order valence-corrected chi connectivity index (χ0v) is 20.2. The molecule has 0 N–H and O–H groups in total. The molecule has 196 valence electrons. The summed E-state index contributed by atoms with van der Waals surface area (Å²) in [6.45, 7) is 2.98. The number of alkyl halides is 3. The standard InChI is InChI=1S/C24H21F5N4O3S/c25-16-7-14(8-17(26)11-16)12-31-4-1-23(13-31)2-5-32(6-3-23)22-30-21(34)18-9-15(24(27,28)29)10-19(33(35)36)20(18)37-22/h7-11H,1-6,12-13H2. The molecule has 7 nitrogen and oxygen atoms in total. The molecule has 2 aromatic carbocycles. The first-order valence-corrected chi connectivity index (χ1v) is 12.4. The van der Waals surface area contributed by atoms with E-state index in [0.29, 0.717) is 37.3 Å². The van der Waals surface area contributed by atoms with Crippen LogP contribution in [0.15, 0.2) is 35.1 Å². The lowest BCUT2D eigenvalue weighted by molar-refractivity contribution is -0.383. The molecule has 3 aromatic rings. The lowest BCUT2D eigenvalue weighted by Gasteiger charge is -2.39. The molecule has 2 aliphatic heterocycles. The summed E-state index contributed by atoms with van der Waals surface area (Å²) in [4.78, 5) is 31.2. The number of aromatic nitrogens is 1. The van der Waals surface area contributed by atoms with Gasteiger partial charge in [-0.2, -0.15) is 18.2 Å². The van der Waals surface area contributed by atoms with Gasteiger partial charge in [-0.05, 0) is 55.0 Å². The van der Waals surface area contributed by atoms with E-state index in [1.165, 1.54) is 12.1 Å². The Hall–Kier alpha value is -3.19. The van der Waals surface area contributed by atoms with Crippen LogP contribution in [-0.2, 0) is 12.7 Å². The number of rotatable bonds is 4. The number of hydrogen-bond acceptors (Lipinski definition) is 7. The molecule has 0 aliphatic carbocycles. The number of benzene rings is 2. The van der Waals surface area contributed by atoms with Gasteiger partial charge in [-0.25, -0.2) is 8.78 Å². The van der Waals surface area contributed by atoms with Gasteiger partial charge in [0.2, 0.25) is 0 Å². The van der Waals surface area contributed by atoms with Crippen molar-refractivity contribution in [3.8, 4) is 0 Å². The first kappa shape index (κ1) is 25.5. The van der Waals surface area contributed by atoms with Crippen molar-refractivity contribution in [2.45, 2.75) is 32.0 Å². The maximum absolute atomic E-state index is 13.5. The number of nitro groups is 1. The zero-order chi connectivity index (χ0) is 26.5. The number of piperidine rings is 1. The van der Waals surface area contributed by atoms with Crippen LogP contribution in [0, 0.1) is 27.2 Å². The smallest absolute Gasteiger partial charge is 0.348 e. The van der Waals surface area contributed by atoms with Gasteiger partial charge in [-0.3, -0.25) is 19.8 Å². The Morgan fingerprint density at radius 3 is 2.30 bits per heavy atom. The Labute approximate surface area is 211 Å². The third-order valence-electron chi connectivity index (χ3n) is 7.15. The highest BCUT2D eigenvalue weighted by Gasteiger charge is 2.41. The Morgan fingerprint density at radius 2 is 1.68 bits per heavy atom. The van der Waals surface area contributed by atoms with Gasteiger partial charge in [0, 0.05) is 38.3 Å². The molecule has 37 heavy (non-hydrogen) atoms. The third-order valence-corrected chi connectivity index (χ3v) is 8.32. The Balaban J connectivity index is 1.33. The van der Waals surface area contributed by atoms with Gasteiger partial charge in [-0.1, -0.05) is 11.3 Å². The number of halogens is 5. The second-order valence-corrected chi connectivity index (χ2v) is 10.6. The van der Waals surface area contributed by atoms with Crippen LogP contribution in [-0.4, -0.2) is 41.0 Å². The van der Waals surface area contributed by atoms with E-state index in [0.717, 1.165) is 49.8 Å². The van der Waals surface area contributed by atoms with Gasteiger partial charge < -0.3 is 4.90 Å². The van der Waals surface area contributed by atoms with Crippen molar-refractivity contribution in [1.29, 1.82) is 0 Å². The minimum absolute atomic E-state index is 0.0161. The first-order valence-electron chi connectivity index (χ1n) is 11.6. The highest BCUT2D eigenvalue weighted by atomic mass is 32.1. The van der Waals surface area contributed by atoms with Crippen molar-refractivity contribution in [2.75, 3.05) is 31.1 Å². The van der Waals surface area contributed by atoms with Crippen molar-refractivity contribution in [3.63, 3.8) is 0 Å². The summed E-state index contributed by atoms with van der Waals surface area (Å²) >= 11 is 0.842. The molecule has 0 saturated carbocycles. The molecule has 2 saturated heterocycles. The van der Waals surface area contributed by atoms with E-state index in [9.17, 15) is 36.9 Å². The molecule has 1 spiro atoms. The SMILES string of the molecule is O=c1nc(N2CCC3(CCN(Cc4cc(F)cc(F)c4)C3)CC2)sc2c([N+](=O)[O-])cc(C(F)(F)F)cc12. The van der Waals surface area contributed by atoms with Crippen molar-refractivity contribution < 1.29 is 26.9 Å². The molecule has 0 unspecified atom stereocenters. The highest BCUT2D eigenvalue weighted by Crippen LogP contribution is 2.43. The van der Waals surface area contributed by atoms with E-state index in [1.54, 1.807) is 0 Å². The number of likely N-dealkylation sites (tertiary alicyclic amines) is 1. The summed E-state index contributed by atoms with van der Waals surface area (Å²) in [5.41, 5.74) is -2.43. The molecule has 5 rings (SSSR count). The average molecular weight is 541 g/mol. The number of fused-ring (bicyclic) bond motifs is 1. The molecule has 0 atom stereocenters. The second-order valence-electron chi connectivity index (χ2n) is 9.65. The monoisotopic (exact) mass is 540 g/mol. The summed E-state index contributed by atoms with van der Waals surface area (Å²) in [7, 11) is 0. The molecule has 1 aromatic heterocycles. The van der Waals surface area contributed by atoms with Crippen LogP contribution in [0.3, 0.4) is 0 Å². The number of nitrogens with zero attached hydrogens (tertiary/aromatic N) is 4. The minimum Gasteiger partial charge on any atom is -0.348 e. The molecular formula is C24H21F5N4O3S. The van der Waals surface area contributed by atoms with Crippen LogP contribution in [0.2, 0.25) is 0 Å². The number of nitro benzene ring substituents is 1. The Kier molecular flexibility index (Phi) is 6.39. The average Bonchev–Trinajstić information content (AvgIpc) is 3.19. The fourth-order valence-corrected chi connectivity index (χ4v) is 6.40. The van der Waals surface area contributed by atoms with Crippen LogP contribution in [0.1, 0.15) is 30.4 Å². The summed E-state index contributed by atoms with van der Waals surface area (Å²) in [6, 6.07) is 4.54. The normalized spacial score (nSPS) is 18.1. The van der Waals surface area contributed by atoms with Crippen LogP contribution in [0.25, 0.3) is 10.1 Å². The van der Waals surface area contributed by atoms with Crippen molar-refractivity contribution in [1.82, 2.24) is 9.88 Å². The Bertz CT molecular complexity index is 1420. The summed E-state index contributed by atoms with van der Waals surface area (Å²) in [6.07, 6.45) is -2.45. The summed E-state index contributed by atoms with van der Waals surface area (Å²) in [5.74, 6) is -1.23. The van der Waals surface area contributed by atoms with Crippen molar-refractivity contribution in [3.05, 3.63) is 73.6 Å². The van der Waals surface area contributed by atoms with Gasteiger partial charge in [0.15, 0.2) is 5.13 Å². The molecule has 0 amide bonds. The molecule has 3 heterocycles. The fraction of sp³-hybridized carbons (Fsp3) is 0.417. The van der Waals surface area contributed by atoms with E-state index >= 15 is 0 Å². The lowest BCUT2D eigenvalue weighted by atomic mass is 9.78. The van der Waals surface area contributed by atoms with Crippen LogP contribution >= 0.6 is 11.3 Å². The van der Waals surface area contributed by atoms with E-state index in [-0.39, 0.29) is 15.2 Å². The van der Waals surface area contributed by atoms with E-state index in [2.05, 4.69) is 9.88 Å². The lowest BCUT2D eigenvalue weighted by Crippen LogP contribution is -2.42. The van der Waals surface area contributed by atoms with Gasteiger partial charge in [0.25, 0.3) is 11.2 Å². The Morgan fingerprint density at radius 1 is 1.03 bits per heavy atom. The van der Waals surface area contributed by atoms with Crippen molar-refractivity contribution >= 4 is 32.2 Å². The van der Waals surface area contributed by atoms with E-state index in [4.69, 9.17) is 0 Å². The quantitative estimate of drug-likeness (QED) is 0.252. The predicted octanol–water partition coefficient (Wildman–Crippen LogP) is 5.35. The minimum atomic E-state index is -4.84. The van der Waals surface area contributed by atoms with Crippen LogP contribution in [0.5, 0.6) is 0 Å². The highest BCUT2D eigenvalue weighted by molar-refractivity contribution is 7.22. The van der Waals surface area contributed by atoms with Crippen molar-refractivity contribution in [2.24, 2.45) is 5.41 Å². The zero-order valence-electron chi connectivity index (χ0n) is 19.4. The molecule has 2 fully saturated rings.